The van der Waals surface area contributed by atoms with Crippen LogP contribution in [0.15, 0.2) is 34.9 Å². The fourth-order valence-corrected chi connectivity index (χ4v) is 3.08. The minimum atomic E-state index is -1.34. The first-order valence-corrected chi connectivity index (χ1v) is 8.50. The molecule has 1 aromatic carbocycles. The van der Waals surface area contributed by atoms with E-state index in [-0.39, 0.29) is 35.0 Å². The highest BCUT2D eigenvalue weighted by Gasteiger charge is 2.22. The van der Waals surface area contributed by atoms with Gasteiger partial charge in [0.05, 0.1) is 16.8 Å². The number of pyridine rings is 1. The van der Waals surface area contributed by atoms with Crippen LogP contribution >= 0.6 is 0 Å². The van der Waals surface area contributed by atoms with Gasteiger partial charge in [-0.05, 0) is 18.1 Å². The summed E-state index contributed by atoms with van der Waals surface area (Å²) in [5, 5.41) is 11.8. The van der Waals surface area contributed by atoms with Gasteiger partial charge in [-0.25, -0.2) is 9.18 Å². The normalized spacial score (nSPS) is 13.4. The molecule has 1 aliphatic rings. The molecular formula is C19H20FN3O4. The zero-order valence-electron chi connectivity index (χ0n) is 15.2. The summed E-state index contributed by atoms with van der Waals surface area (Å²) >= 11 is 0. The van der Waals surface area contributed by atoms with Crippen LogP contribution in [0.3, 0.4) is 0 Å². The average Bonchev–Trinajstić information content (AvgIpc) is 2.59. The number of fused-ring (bicyclic) bond motifs is 1. The Balaban J connectivity index is 2.16. The lowest BCUT2D eigenvalue weighted by Gasteiger charge is -2.25. The zero-order chi connectivity index (χ0) is 19.9. The highest BCUT2D eigenvalue weighted by molar-refractivity contribution is 6.00. The van der Waals surface area contributed by atoms with Crippen molar-refractivity contribution in [2.45, 2.75) is 20.4 Å². The van der Waals surface area contributed by atoms with E-state index in [1.165, 1.54) is 12.3 Å². The van der Waals surface area contributed by atoms with Crippen molar-refractivity contribution >= 4 is 28.5 Å². The number of aromatic nitrogens is 1. The van der Waals surface area contributed by atoms with Crippen molar-refractivity contribution in [1.82, 2.24) is 9.88 Å². The number of anilines is 1. The second-order valence-corrected chi connectivity index (χ2v) is 7.04. The molecule has 0 saturated carbocycles. The Kier molecular flexibility index (Phi) is 4.73. The maximum atomic E-state index is 14.7. The van der Waals surface area contributed by atoms with Gasteiger partial charge in [0, 0.05) is 37.9 Å². The van der Waals surface area contributed by atoms with E-state index in [9.17, 15) is 23.9 Å². The van der Waals surface area contributed by atoms with Gasteiger partial charge in [0.1, 0.15) is 11.4 Å². The van der Waals surface area contributed by atoms with Gasteiger partial charge in [0.15, 0.2) is 0 Å². The van der Waals surface area contributed by atoms with E-state index in [0.29, 0.717) is 17.6 Å². The van der Waals surface area contributed by atoms with Gasteiger partial charge in [-0.3, -0.25) is 9.59 Å². The van der Waals surface area contributed by atoms with Crippen LogP contribution < -0.4 is 15.6 Å². The summed E-state index contributed by atoms with van der Waals surface area (Å²) in [5.41, 5.74) is 0.0986. The summed E-state index contributed by atoms with van der Waals surface area (Å²) in [6.45, 7) is 4.61. The third-order valence-corrected chi connectivity index (χ3v) is 4.43. The second kappa shape index (κ2) is 6.86. The number of carbonyl (C=O) groups excluding carboxylic acids is 1. The lowest BCUT2D eigenvalue weighted by Crippen LogP contribution is -2.37. The lowest BCUT2D eigenvalue weighted by molar-refractivity contribution is -0.118. The van der Waals surface area contributed by atoms with E-state index in [1.54, 1.807) is 22.7 Å². The largest absolute Gasteiger partial charge is 0.477 e. The van der Waals surface area contributed by atoms with Crippen LogP contribution in [0.2, 0.25) is 0 Å². The first-order valence-electron chi connectivity index (χ1n) is 8.50. The molecule has 0 atom stereocenters. The Morgan fingerprint density at radius 3 is 2.56 bits per heavy atom. The van der Waals surface area contributed by atoms with Crippen LogP contribution in [-0.4, -0.2) is 35.1 Å². The predicted octanol–water partition coefficient (Wildman–Crippen LogP) is 1.94. The number of carboxylic acids is 1. The van der Waals surface area contributed by atoms with Gasteiger partial charge in [-0.2, -0.15) is 0 Å². The molecule has 7 nitrogen and oxygen atoms in total. The molecule has 0 bridgehead atoms. The van der Waals surface area contributed by atoms with E-state index >= 15 is 0 Å². The number of carboxylic acid groups (broad SMARTS) is 1. The number of hydrogen-bond donors (Lipinski definition) is 2. The number of nitrogens with zero attached hydrogens (tertiary/aromatic N) is 2. The van der Waals surface area contributed by atoms with Crippen molar-refractivity contribution in [3.8, 4) is 0 Å². The van der Waals surface area contributed by atoms with Crippen LogP contribution in [0.5, 0.6) is 0 Å². The molecule has 3 rings (SSSR count). The quantitative estimate of drug-likeness (QED) is 0.808. The SMILES string of the molecule is CC(C)Cn1cc(C(=O)O)c(=O)c2cc(F)c(N(C)CC3=CNC3=O)cc21. The number of halogens is 1. The van der Waals surface area contributed by atoms with E-state index < -0.39 is 17.2 Å². The summed E-state index contributed by atoms with van der Waals surface area (Å²) in [4.78, 5) is 36.9. The molecule has 1 amide bonds. The monoisotopic (exact) mass is 373 g/mol. The zero-order valence-corrected chi connectivity index (χ0v) is 15.2. The Hall–Kier alpha value is -3.16. The topological polar surface area (TPSA) is 91.6 Å². The number of nitrogens with one attached hydrogen (secondary N) is 1. The minimum Gasteiger partial charge on any atom is -0.477 e. The average molecular weight is 373 g/mol. The van der Waals surface area contributed by atoms with E-state index in [0.717, 1.165) is 6.07 Å². The highest BCUT2D eigenvalue weighted by atomic mass is 19.1. The third kappa shape index (κ3) is 3.42. The van der Waals surface area contributed by atoms with Crippen LogP contribution in [0.4, 0.5) is 10.1 Å². The fourth-order valence-electron chi connectivity index (χ4n) is 3.08. The highest BCUT2D eigenvalue weighted by Crippen LogP contribution is 2.26. The van der Waals surface area contributed by atoms with E-state index in [4.69, 9.17) is 0 Å². The summed E-state index contributed by atoms with van der Waals surface area (Å²) in [6.07, 6.45) is 2.86. The van der Waals surface area contributed by atoms with Gasteiger partial charge >= 0.3 is 5.97 Å². The first kappa shape index (κ1) is 18.6. The molecule has 2 N–H and O–H groups in total. The van der Waals surface area contributed by atoms with Crippen molar-refractivity contribution in [3.63, 3.8) is 0 Å². The molecular weight excluding hydrogens is 353 g/mol. The fraction of sp³-hybridized carbons (Fsp3) is 0.316. The summed E-state index contributed by atoms with van der Waals surface area (Å²) < 4.78 is 16.4. The van der Waals surface area contributed by atoms with Crippen LogP contribution in [0.1, 0.15) is 24.2 Å². The molecule has 27 heavy (non-hydrogen) atoms. The van der Waals surface area contributed by atoms with Crippen molar-refractivity contribution in [1.29, 1.82) is 0 Å². The molecule has 0 spiro atoms. The number of hydrogen-bond acceptors (Lipinski definition) is 4. The number of benzene rings is 1. The standard InChI is InChI=1S/C19H20FN3O4/c1-10(2)7-23-9-13(19(26)27)17(24)12-4-14(20)16(5-15(12)23)22(3)8-11-6-21-18(11)25/h4-6,9-10H,7-8H2,1-3H3,(H,21,25)(H,26,27). The first-order chi connectivity index (χ1) is 12.7. The van der Waals surface area contributed by atoms with Gasteiger partial charge in [0.2, 0.25) is 5.43 Å². The van der Waals surface area contributed by atoms with Gasteiger partial charge < -0.3 is 19.9 Å². The lowest BCUT2D eigenvalue weighted by atomic mass is 10.1. The maximum Gasteiger partial charge on any atom is 0.341 e. The molecule has 0 saturated heterocycles. The number of rotatable bonds is 6. The summed E-state index contributed by atoms with van der Waals surface area (Å²) in [5.74, 6) is -2.01. The summed E-state index contributed by atoms with van der Waals surface area (Å²) in [6, 6.07) is 2.60. The number of amides is 1. The maximum absolute atomic E-state index is 14.7. The number of carbonyl (C=O) groups is 2. The molecule has 0 unspecified atom stereocenters. The van der Waals surface area contributed by atoms with Crippen molar-refractivity contribution in [3.05, 3.63) is 51.7 Å². The molecule has 2 heterocycles. The number of likely N-dealkylation sites (N-methyl/N-ethyl adjacent to an activating group) is 1. The van der Waals surface area contributed by atoms with E-state index in [2.05, 4.69) is 5.32 Å². The molecule has 0 aliphatic carbocycles. The van der Waals surface area contributed by atoms with Crippen molar-refractivity contribution in [2.75, 3.05) is 18.5 Å². The Labute approximate surface area is 154 Å². The van der Waals surface area contributed by atoms with Crippen molar-refractivity contribution in [2.24, 2.45) is 5.92 Å². The molecule has 8 heteroatoms. The van der Waals surface area contributed by atoms with Crippen LogP contribution in [-0.2, 0) is 11.3 Å². The Bertz CT molecular complexity index is 1040. The van der Waals surface area contributed by atoms with Gasteiger partial charge in [-0.1, -0.05) is 13.8 Å². The predicted molar refractivity (Wildman–Crippen MR) is 99.5 cm³/mol. The molecule has 0 fully saturated rings. The van der Waals surface area contributed by atoms with Crippen LogP contribution in [0, 0.1) is 11.7 Å². The Morgan fingerprint density at radius 1 is 1.33 bits per heavy atom. The molecule has 142 valence electrons. The van der Waals surface area contributed by atoms with Crippen molar-refractivity contribution < 1.29 is 19.1 Å². The molecule has 0 radical (unpaired) electrons. The van der Waals surface area contributed by atoms with E-state index in [1.807, 2.05) is 13.8 Å². The van der Waals surface area contributed by atoms with Gasteiger partial charge in [0.25, 0.3) is 5.91 Å². The Morgan fingerprint density at radius 2 is 2.04 bits per heavy atom. The smallest absolute Gasteiger partial charge is 0.341 e. The summed E-state index contributed by atoms with van der Waals surface area (Å²) in [7, 11) is 1.65. The third-order valence-electron chi connectivity index (χ3n) is 4.43. The molecule has 2 aromatic rings. The second-order valence-electron chi connectivity index (χ2n) is 7.04. The number of aromatic carboxylic acids is 1. The van der Waals surface area contributed by atoms with Gasteiger partial charge in [-0.15, -0.1) is 0 Å². The molecule has 1 aromatic heterocycles. The minimum absolute atomic E-state index is 0.0193. The van der Waals surface area contributed by atoms with Crippen LogP contribution in [0.25, 0.3) is 10.9 Å². The molecule has 1 aliphatic heterocycles.